The van der Waals surface area contributed by atoms with Gasteiger partial charge in [-0.3, -0.25) is 0 Å². The van der Waals surface area contributed by atoms with Crippen LogP contribution in [0.4, 0.5) is 0 Å². The van der Waals surface area contributed by atoms with E-state index >= 15 is 0 Å². The minimum Gasteiger partial charge on any atom is -0.493 e. The lowest BCUT2D eigenvalue weighted by Crippen LogP contribution is -2.01. The Labute approximate surface area is 207 Å². The molecule has 0 atom stereocenters. The maximum absolute atomic E-state index is 6.08. The zero-order chi connectivity index (χ0) is 23.8. The van der Waals surface area contributed by atoms with Gasteiger partial charge in [-0.25, -0.2) is 0 Å². The molecule has 1 aromatic carbocycles. The van der Waals surface area contributed by atoms with Crippen molar-refractivity contribution >= 4 is 0 Å². The molecule has 1 aromatic rings. The van der Waals surface area contributed by atoms with Crippen molar-refractivity contribution in [1.29, 1.82) is 0 Å². The molecule has 2 heteroatoms. The predicted octanol–water partition coefficient (Wildman–Crippen LogP) is 10.6. The molecule has 0 aliphatic rings. The second-order valence-electron chi connectivity index (χ2n) is 9.99. The van der Waals surface area contributed by atoms with Crippen LogP contribution in [0.25, 0.3) is 0 Å². The molecule has 0 N–H and O–H groups in total. The molecule has 0 saturated heterocycles. The summed E-state index contributed by atoms with van der Waals surface area (Å²) in [6.45, 7) is 8.33. The highest BCUT2D eigenvalue weighted by atomic mass is 16.5. The van der Waals surface area contributed by atoms with Crippen molar-refractivity contribution in [2.45, 2.75) is 149 Å². The van der Waals surface area contributed by atoms with E-state index in [-0.39, 0.29) is 0 Å². The average Bonchev–Trinajstić information content (AvgIpc) is 2.82. The predicted molar refractivity (Wildman–Crippen MR) is 146 cm³/mol. The normalized spacial score (nSPS) is 11.1. The van der Waals surface area contributed by atoms with Crippen LogP contribution >= 0.6 is 0 Å². The van der Waals surface area contributed by atoms with Crippen molar-refractivity contribution in [2.75, 3.05) is 13.2 Å². The van der Waals surface area contributed by atoms with Crippen LogP contribution in [-0.4, -0.2) is 13.2 Å². The van der Waals surface area contributed by atoms with Gasteiger partial charge in [0.15, 0.2) is 0 Å². The van der Waals surface area contributed by atoms with Crippen molar-refractivity contribution in [3.05, 3.63) is 23.8 Å². The highest BCUT2D eigenvalue weighted by molar-refractivity contribution is 5.39. The number of rotatable bonds is 24. The van der Waals surface area contributed by atoms with Crippen LogP contribution in [0.3, 0.4) is 0 Å². The fourth-order valence-electron chi connectivity index (χ4n) is 4.38. The zero-order valence-electron chi connectivity index (χ0n) is 22.6. The number of hydrogen-bond acceptors (Lipinski definition) is 2. The van der Waals surface area contributed by atoms with Crippen LogP contribution in [0.1, 0.15) is 148 Å². The molecular weight excluding hydrogens is 404 g/mol. The fourth-order valence-corrected chi connectivity index (χ4v) is 4.38. The molecule has 192 valence electrons. The van der Waals surface area contributed by atoms with Gasteiger partial charge >= 0.3 is 0 Å². The zero-order valence-corrected chi connectivity index (χ0v) is 22.6. The first-order valence-corrected chi connectivity index (χ1v) is 14.6. The summed E-state index contributed by atoms with van der Waals surface area (Å²) in [6.07, 6.45) is 27.2. The molecule has 0 spiro atoms. The summed E-state index contributed by atoms with van der Waals surface area (Å²) in [7, 11) is 0. The number of aryl methyl sites for hydroxylation is 1. The maximum atomic E-state index is 6.08. The van der Waals surface area contributed by atoms with Crippen LogP contribution in [0.15, 0.2) is 18.2 Å². The summed E-state index contributed by atoms with van der Waals surface area (Å²) in [4.78, 5) is 0. The molecule has 0 saturated carbocycles. The van der Waals surface area contributed by atoms with Crippen LogP contribution in [0, 0.1) is 6.92 Å². The van der Waals surface area contributed by atoms with Crippen LogP contribution in [-0.2, 0) is 0 Å². The molecule has 0 aliphatic heterocycles. The molecule has 0 aliphatic carbocycles. The lowest BCUT2D eigenvalue weighted by Gasteiger charge is -2.12. The second-order valence-corrected chi connectivity index (χ2v) is 9.99. The Morgan fingerprint density at radius 3 is 1.33 bits per heavy atom. The number of hydrogen-bond donors (Lipinski definition) is 0. The SMILES string of the molecule is CCCCCCCCCCCCOc1ccc(C)c(OCCCCCCCCCCCC)c1. The third-order valence-corrected chi connectivity index (χ3v) is 6.68. The van der Waals surface area contributed by atoms with E-state index in [0.29, 0.717) is 0 Å². The molecule has 0 amide bonds. The standard InChI is InChI=1S/C31H56O2/c1-4-6-8-10-12-14-16-18-20-22-26-32-30-25-24-29(3)31(28-30)33-27-23-21-19-17-15-13-11-9-7-5-2/h24-25,28H,4-23,26-27H2,1-3H3. The molecule has 0 heterocycles. The molecule has 0 fully saturated rings. The number of ether oxygens (including phenoxy) is 2. The number of unbranched alkanes of at least 4 members (excludes halogenated alkanes) is 18. The Morgan fingerprint density at radius 2 is 0.879 bits per heavy atom. The molecule has 1 rings (SSSR count). The smallest absolute Gasteiger partial charge is 0.125 e. The molecule has 0 radical (unpaired) electrons. The van der Waals surface area contributed by atoms with E-state index in [0.717, 1.165) is 37.6 Å². The van der Waals surface area contributed by atoms with Gasteiger partial charge in [-0.1, -0.05) is 135 Å². The van der Waals surface area contributed by atoms with Crippen molar-refractivity contribution < 1.29 is 9.47 Å². The van der Waals surface area contributed by atoms with Crippen molar-refractivity contribution in [1.82, 2.24) is 0 Å². The molecule has 33 heavy (non-hydrogen) atoms. The Morgan fingerprint density at radius 1 is 0.485 bits per heavy atom. The lowest BCUT2D eigenvalue weighted by atomic mass is 10.1. The van der Waals surface area contributed by atoms with E-state index in [2.05, 4.69) is 39.0 Å². The van der Waals surface area contributed by atoms with Gasteiger partial charge in [0.2, 0.25) is 0 Å². The summed E-state index contributed by atoms with van der Waals surface area (Å²) in [6, 6.07) is 6.29. The van der Waals surface area contributed by atoms with Gasteiger partial charge in [-0.05, 0) is 31.4 Å². The third-order valence-electron chi connectivity index (χ3n) is 6.68. The minimum atomic E-state index is 0.817. The van der Waals surface area contributed by atoms with Gasteiger partial charge in [0, 0.05) is 6.07 Å². The summed E-state index contributed by atoms with van der Waals surface area (Å²) < 4.78 is 12.1. The fraction of sp³-hybridized carbons (Fsp3) is 0.806. The van der Waals surface area contributed by atoms with Crippen LogP contribution < -0.4 is 9.47 Å². The maximum Gasteiger partial charge on any atom is 0.125 e. The van der Waals surface area contributed by atoms with Gasteiger partial charge in [0.1, 0.15) is 11.5 Å². The average molecular weight is 461 g/mol. The van der Waals surface area contributed by atoms with Gasteiger partial charge in [0.05, 0.1) is 13.2 Å². The molecular formula is C31H56O2. The Kier molecular flexibility index (Phi) is 20.4. The lowest BCUT2D eigenvalue weighted by molar-refractivity contribution is 0.288. The second kappa shape index (κ2) is 22.6. The third kappa shape index (κ3) is 17.9. The van der Waals surface area contributed by atoms with E-state index in [1.807, 2.05) is 0 Å². The highest BCUT2D eigenvalue weighted by Gasteiger charge is 2.03. The largest absolute Gasteiger partial charge is 0.493 e. The van der Waals surface area contributed by atoms with Crippen LogP contribution in [0.2, 0.25) is 0 Å². The monoisotopic (exact) mass is 460 g/mol. The first-order chi connectivity index (χ1) is 16.3. The van der Waals surface area contributed by atoms with Crippen molar-refractivity contribution in [2.24, 2.45) is 0 Å². The van der Waals surface area contributed by atoms with Gasteiger partial charge in [-0.2, -0.15) is 0 Å². The minimum absolute atomic E-state index is 0.817. The van der Waals surface area contributed by atoms with Gasteiger partial charge in [-0.15, -0.1) is 0 Å². The number of benzene rings is 1. The molecule has 0 unspecified atom stereocenters. The van der Waals surface area contributed by atoms with E-state index in [1.54, 1.807) is 0 Å². The topological polar surface area (TPSA) is 18.5 Å². The summed E-state index contributed by atoms with van der Waals surface area (Å²) in [5, 5.41) is 0. The molecule has 0 aromatic heterocycles. The van der Waals surface area contributed by atoms with E-state index < -0.39 is 0 Å². The Hall–Kier alpha value is -1.18. The Balaban J connectivity index is 2.02. The molecule has 2 nitrogen and oxygen atoms in total. The highest BCUT2D eigenvalue weighted by Crippen LogP contribution is 2.25. The Bertz CT molecular complexity index is 540. The molecule has 0 bridgehead atoms. The van der Waals surface area contributed by atoms with E-state index in [1.165, 1.54) is 121 Å². The summed E-state index contributed by atoms with van der Waals surface area (Å²) in [5.74, 6) is 1.95. The first-order valence-electron chi connectivity index (χ1n) is 14.6. The quantitative estimate of drug-likeness (QED) is 0.143. The van der Waals surface area contributed by atoms with Crippen molar-refractivity contribution in [3.63, 3.8) is 0 Å². The van der Waals surface area contributed by atoms with Gasteiger partial charge < -0.3 is 9.47 Å². The summed E-state index contributed by atoms with van der Waals surface area (Å²) in [5.41, 5.74) is 1.20. The first kappa shape index (κ1) is 29.9. The van der Waals surface area contributed by atoms with Crippen LogP contribution in [0.5, 0.6) is 11.5 Å². The summed E-state index contributed by atoms with van der Waals surface area (Å²) >= 11 is 0. The van der Waals surface area contributed by atoms with Gasteiger partial charge in [0.25, 0.3) is 0 Å². The van der Waals surface area contributed by atoms with E-state index in [9.17, 15) is 0 Å². The van der Waals surface area contributed by atoms with E-state index in [4.69, 9.17) is 9.47 Å². The van der Waals surface area contributed by atoms with Crippen molar-refractivity contribution in [3.8, 4) is 11.5 Å².